The van der Waals surface area contributed by atoms with E-state index in [1.165, 1.54) is 29.4 Å². The van der Waals surface area contributed by atoms with Gasteiger partial charge in [0.05, 0.1) is 13.7 Å². The van der Waals surface area contributed by atoms with Gasteiger partial charge < -0.3 is 19.7 Å². The number of esters is 1. The summed E-state index contributed by atoms with van der Waals surface area (Å²) in [5.41, 5.74) is 3.88. The zero-order valence-electron chi connectivity index (χ0n) is 16.8. The first kappa shape index (κ1) is 19.5. The minimum absolute atomic E-state index is 0.0193. The summed E-state index contributed by atoms with van der Waals surface area (Å²) in [6, 6.07) is 16.5. The summed E-state index contributed by atoms with van der Waals surface area (Å²) in [5, 5.41) is 3.05. The molecule has 2 aromatic carbocycles. The number of nitrogens with zero attached hydrogens (tertiary/aromatic N) is 1. The van der Waals surface area contributed by atoms with Gasteiger partial charge in [-0.3, -0.25) is 0 Å². The van der Waals surface area contributed by atoms with E-state index in [1.807, 2.05) is 24.3 Å². The number of amides is 1. The Bertz CT molecular complexity index is 883. The number of rotatable bonds is 4. The van der Waals surface area contributed by atoms with E-state index in [2.05, 4.69) is 29.6 Å². The Morgan fingerprint density at radius 2 is 1.72 bits per heavy atom. The third kappa shape index (κ3) is 3.38. The largest absolute Gasteiger partial charge is 0.468 e. The molecule has 1 fully saturated rings. The number of hydrogen-bond acceptors (Lipinski definition) is 5. The highest BCUT2D eigenvalue weighted by Gasteiger charge is 2.44. The van der Waals surface area contributed by atoms with Crippen LogP contribution in [0, 0.1) is 0 Å². The summed E-state index contributed by atoms with van der Waals surface area (Å²) in [6.07, 6.45) is 0.943. The number of hydrogen-bond donors (Lipinski definition) is 1. The number of methoxy groups -OCH3 is 1. The monoisotopic (exact) mass is 394 g/mol. The third-order valence-corrected chi connectivity index (χ3v) is 6.14. The van der Waals surface area contributed by atoms with Gasteiger partial charge in [0.15, 0.2) is 0 Å². The Morgan fingerprint density at radius 3 is 2.31 bits per heavy atom. The maximum absolute atomic E-state index is 12.8. The molecule has 1 aliphatic heterocycles. The van der Waals surface area contributed by atoms with Crippen LogP contribution < -0.4 is 5.32 Å². The Hall–Kier alpha value is -2.86. The van der Waals surface area contributed by atoms with Gasteiger partial charge in [0, 0.05) is 12.5 Å². The second-order valence-corrected chi connectivity index (χ2v) is 7.65. The van der Waals surface area contributed by atoms with Crippen molar-refractivity contribution in [1.82, 2.24) is 10.2 Å². The molecule has 1 N–H and O–H groups in total. The molecule has 1 saturated heterocycles. The molecular formula is C23H26N2O4. The topological polar surface area (TPSA) is 67.9 Å². The highest BCUT2D eigenvalue weighted by Crippen LogP contribution is 2.44. The molecule has 1 unspecified atom stereocenters. The summed E-state index contributed by atoms with van der Waals surface area (Å²) in [5.74, 6) is -0.332. The van der Waals surface area contributed by atoms with E-state index in [4.69, 9.17) is 9.47 Å². The molecule has 6 heteroatoms. The predicted molar refractivity (Wildman–Crippen MR) is 110 cm³/mol. The summed E-state index contributed by atoms with van der Waals surface area (Å²) in [6.45, 7) is 1.08. The van der Waals surface area contributed by atoms with Crippen molar-refractivity contribution in [3.8, 4) is 11.1 Å². The van der Waals surface area contributed by atoms with Crippen molar-refractivity contribution in [3.05, 3.63) is 59.7 Å². The van der Waals surface area contributed by atoms with E-state index in [0.717, 1.165) is 0 Å². The van der Waals surface area contributed by atoms with E-state index >= 15 is 0 Å². The number of likely N-dealkylation sites (tertiary alicyclic amines) is 1. The van der Waals surface area contributed by atoms with Gasteiger partial charge in [-0.25, -0.2) is 9.59 Å². The van der Waals surface area contributed by atoms with Crippen LogP contribution in [0.3, 0.4) is 0 Å². The van der Waals surface area contributed by atoms with Crippen molar-refractivity contribution in [2.75, 3.05) is 33.9 Å². The Labute approximate surface area is 170 Å². The third-order valence-electron chi connectivity index (χ3n) is 6.14. The lowest BCUT2D eigenvalue weighted by Crippen LogP contribution is -2.62. The van der Waals surface area contributed by atoms with E-state index in [1.54, 1.807) is 11.9 Å². The van der Waals surface area contributed by atoms with Crippen molar-refractivity contribution < 1.29 is 19.1 Å². The molecule has 1 heterocycles. The zero-order chi connectivity index (χ0) is 20.4. The molecule has 0 saturated carbocycles. The van der Waals surface area contributed by atoms with Crippen LogP contribution in [-0.2, 0) is 14.3 Å². The van der Waals surface area contributed by atoms with Gasteiger partial charge in [0.2, 0.25) is 0 Å². The summed E-state index contributed by atoms with van der Waals surface area (Å²) >= 11 is 0. The number of carbonyl (C=O) groups is 2. The first-order valence-corrected chi connectivity index (χ1v) is 9.97. The molecule has 1 amide bonds. The van der Waals surface area contributed by atoms with Crippen molar-refractivity contribution in [2.45, 2.75) is 24.3 Å². The molecule has 6 nitrogen and oxygen atoms in total. The van der Waals surface area contributed by atoms with Crippen LogP contribution in [0.5, 0.6) is 0 Å². The molecule has 1 aliphatic carbocycles. The number of likely N-dealkylation sites (N-methyl/N-ethyl adjacent to an activating group) is 1. The highest BCUT2D eigenvalue weighted by molar-refractivity contribution is 5.82. The van der Waals surface area contributed by atoms with E-state index in [9.17, 15) is 9.59 Å². The van der Waals surface area contributed by atoms with Gasteiger partial charge in [0.25, 0.3) is 0 Å². The number of piperidine rings is 1. The van der Waals surface area contributed by atoms with Gasteiger partial charge in [-0.15, -0.1) is 0 Å². The summed E-state index contributed by atoms with van der Waals surface area (Å²) < 4.78 is 10.7. The van der Waals surface area contributed by atoms with Crippen LogP contribution >= 0.6 is 0 Å². The SMILES string of the molecule is CNC1(C(=O)OC)CCCN(C(=O)OCC2c3ccccc3-c3ccccc32)C1. The van der Waals surface area contributed by atoms with Crippen molar-refractivity contribution >= 4 is 12.1 Å². The molecule has 2 aromatic rings. The predicted octanol–water partition coefficient (Wildman–Crippen LogP) is 3.16. The number of nitrogens with one attached hydrogen (secondary N) is 1. The average molecular weight is 394 g/mol. The fourth-order valence-corrected chi connectivity index (χ4v) is 4.56. The average Bonchev–Trinajstić information content (AvgIpc) is 3.10. The molecule has 0 radical (unpaired) electrons. The van der Waals surface area contributed by atoms with Crippen LogP contribution in [0.4, 0.5) is 4.79 Å². The Morgan fingerprint density at radius 1 is 1.10 bits per heavy atom. The van der Waals surface area contributed by atoms with Crippen molar-refractivity contribution in [1.29, 1.82) is 0 Å². The lowest BCUT2D eigenvalue weighted by atomic mass is 9.89. The summed E-state index contributed by atoms with van der Waals surface area (Å²) in [4.78, 5) is 26.7. The Kier molecular flexibility index (Phi) is 5.28. The molecule has 0 spiro atoms. The minimum atomic E-state index is -0.876. The van der Waals surface area contributed by atoms with Crippen molar-refractivity contribution in [3.63, 3.8) is 0 Å². The molecule has 29 heavy (non-hydrogen) atoms. The lowest BCUT2D eigenvalue weighted by Gasteiger charge is -2.39. The smallest absolute Gasteiger partial charge is 0.409 e. The second kappa shape index (κ2) is 7.87. The van der Waals surface area contributed by atoms with Crippen LogP contribution in [0.25, 0.3) is 11.1 Å². The minimum Gasteiger partial charge on any atom is -0.468 e. The van der Waals surface area contributed by atoms with E-state index in [0.29, 0.717) is 19.4 Å². The van der Waals surface area contributed by atoms with Crippen LogP contribution in [0.1, 0.15) is 29.9 Å². The number of fused-ring (bicyclic) bond motifs is 3. The summed E-state index contributed by atoms with van der Waals surface area (Å²) in [7, 11) is 3.09. The highest BCUT2D eigenvalue weighted by atomic mass is 16.6. The van der Waals surface area contributed by atoms with E-state index < -0.39 is 11.6 Å². The molecular weight excluding hydrogens is 368 g/mol. The quantitative estimate of drug-likeness (QED) is 0.807. The lowest BCUT2D eigenvalue weighted by molar-refractivity contribution is -0.150. The number of carbonyl (C=O) groups excluding carboxylic acids is 2. The fraction of sp³-hybridized carbons (Fsp3) is 0.391. The van der Waals surface area contributed by atoms with Gasteiger partial charge >= 0.3 is 12.1 Å². The first-order chi connectivity index (χ1) is 14.1. The maximum atomic E-state index is 12.8. The molecule has 0 aromatic heterocycles. The van der Waals surface area contributed by atoms with Gasteiger partial charge in [-0.2, -0.15) is 0 Å². The second-order valence-electron chi connectivity index (χ2n) is 7.65. The van der Waals surface area contributed by atoms with Crippen LogP contribution in [0.2, 0.25) is 0 Å². The van der Waals surface area contributed by atoms with Crippen molar-refractivity contribution in [2.24, 2.45) is 0 Å². The van der Waals surface area contributed by atoms with Gasteiger partial charge in [-0.1, -0.05) is 48.5 Å². The zero-order valence-corrected chi connectivity index (χ0v) is 16.8. The molecule has 152 valence electrons. The first-order valence-electron chi connectivity index (χ1n) is 9.97. The molecule has 2 aliphatic rings. The van der Waals surface area contributed by atoms with Crippen LogP contribution in [0.15, 0.2) is 48.5 Å². The number of benzene rings is 2. The maximum Gasteiger partial charge on any atom is 0.409 e. The molecule has 0 bridgehead atoms. The number of ether oxygens (including phenoxy) is 2. The molecule has 1 atom stereocenters. The standard InChI is InChI=1S/C23H26N2O4/c1-24-23(21(26)28-2)12-7-13-25(15-23)22(27)29-14-20-18-10-5-3-8-16(18)17-9-4-6-11-19(17)20/h3-6,8-11,20,24H,7,12-15H2,1-2H3. The van der Waals surface area contributed by atoms with Crippen LogP contribution in [-0.4, -0.2) is 56.4 Å². The van der Waals surface area contributed by atoms with E-state index in [-0.39, 0.29) is 25.0 Å². The Balaban J connectivity index is 1.48. The van der Waals surface area contributed by atoms with Gasteiger partial charge in [0.1, 0.15) is 12.1 Å². The van der Waals surface area contributed by atoms with Gasteiger partial charge in [-0.05, 0) is 42.1 Å². The molecule has 4 rings (SSSR count). The fourth-order valence-electron chi connectivity index (χ4n) is 4.56. The normalized spacial score (nSPS) is 20.7.